The molecular formula is C25H31N5O5S. The Morgan fingerprint density at radius 1 is 1.08 bits per heavy atom. The molecule has 1 saturated carbocycles. The second-order valence-electron chi connectivity index (χ2n) is 10.3. The van der Waals surface area contributed by atoms with Crippen molar-refractivity contribution in [2.75, 3.05) is 16.6 Å². The minimum atomic E-state index is -3.92. The summed E-state index contributed by atoms with van der Waals surface area (Å²) in [5, 5.41) is 2.69. The van der Waals surface area contributed by atoms with Crippen molar-refractivity contribution < 1.29 is 22.8 Å². The van der Waals surface area contributed by atoms with Gasteiger partial charge in [0.05, 0.1) is 10.3 Å². The first-order chi connectivity index (χ1) is 16.7. The molecule has 4 rings (SSSR count). The Labute approximate surface area is 210 Å². The van der Waals surface area contributed by atoms with E-state index >= 15 is 0 Å². The van der Waals surface area contributed by atoms with E-state index in [0.717, 1.165) is 0 Å². The number of carbonyl (C=O) groups is 3. The van der Waals surface area contributed by atoms with E-state index in [0.29, 0.717) is 29.9 Å². The zero-order valence-electron chi connectivity index (χ0n) is 21.1. The maximum absolute atomic E-state index is 13.1. The Balaban J connectivity index is 1.37. The number of nitrogens with one attached hydrogen (secondary N) is 2. The van der Waals surface area contributed by atoms with Crippen LogP contribution in [0.3, 0.4) is 0 Å². The van der Waals surface area contributed by atoms with E-state index in [9.17, 15) is 22.8 Å². The zero-order chi connectivity index (χ0) is 26.5. The Morgan fingerprint density at radius 3 is 2.31 bits per heavy atom. The van der Waals surface area contributed by atoms with Gasteiger partial charge in [0.2, 0.25) is 23.7 Å². The SMILES string of the molecule is Cc1cc(C)nc(NS(=O)(=O)c2ccc(NC(=O)CCN3C(=O)C4CCC(C)(C3=O)C4(C)C)cc2)n1. The van der Waals surface area contributed by atoms with Gasteiger partial charge in [0.15, 0.2) is 0 Å². The van der Waals surface area contributed by atoms with Gasteiger partial charge in [0.25, 0.3) is 10.0 Å². The number of aryl methyl sites for hydroxylation is 2. The molecule has 2 N–H and O–H groups in total. The number of anilines is 2. The molecule has 192 valence electrons. The molecule has 0 radical (unpaired) electrons. The number of sulfonamides is 1. The summed E-state index contributed by atoms with van der Waals surface area (Å²) in [4.78, 5) is 48.0. The van der Waals surface area contributed by atoms with E-state index in [1.165, 1.54) is 29.2 Å². The van der Waals surface area contributed by atoms with Crippen LogP contribution in [0, 0.1) is 30.6 Å². The van der Waals surface area contributed by atoms with Gasteiger partial charge in [-0.2, -0.15) is 0 Å². The molecule has 2 unspecified atom stereocenters. The number of nitrogens with zero attached hydrogens (tertiary/aromatic N) is 3. The van der Waals surface area contributed by atoms with E-state index in [2.05, 4.69) is 20.0 Å². The number of hydrogen-bond donors (Lipinski definition) is 2. The molecule has 10 nitrogen and oxygen atoms in total. The third-order valence-corrected chi connectivity index (χ3v) is 9.07. The second-order valence-corrected chi connectivity index (χ2v) is 12.0. The molecule has 3 amide bonds. The fourth-order valence-electron chi connectivity index (χ4n) is 5.22. The first-order valence-electron chi connectivity index (χ1n) is 11.9. The number of fused-ring (bicyclic) bond motifs is 2. The molecule has 1 aliphatic carbocycles. The van der Waals surface area contributed by atoms with Gasteiger partial charge in [-0.25, -0.2) is 23.1 Å². The summed E-state index contributed by atoms with van der Waals surface area (Å²) in [7, 11) is -3.92. The number of imide groups is 1. The van der Waals surface area contributed by atoms with Crippen LogP contribution in [-0.2, 0) is 24.4 Å². The lowest BCUT2D eigenvalue weighted by Crippen LogP contribution is -2.59. The number of hydrogen-bond acceptors (Lipinski definition) is 7. The quantitative estimate of drug-likeness (QED) is 0.543. The van der Waals surface area contributed by atoms with Crippen LogP contribution in [0.25, 0.3) is 0 Å². The fourth-order valence-corrected chi connectivity index (χ4v) is 6.16. The highest BCUT2D eigenvalue weighted by molar-refractivity contribution is 7.92. The number of likely N-dealkylation sites (tertiary alicyclic amines) is 1. The maximum atomic E-state index is 13.1. The van der Waals surface area contributed by atoms with Gasteiger partial charge in [0.1, 0.15) is 0 Å². The van der Waals surface area contributed by atoms with E-state index in [4.69, 9.17) is 0 Å². The summed E-state index contributed by atoms with van der Waals surface area (Å²) in [6.45, 7) is 9.35. The number of piperidine rings is 1. The Bertz CT molecular complexity index is 1320. The Morgan fingerprint density at radius 2 is 1.69 bits per heavy atom. The zero-order valence-corrected chi connectivity index (χ0v) is 21.9. The number of carbonyl (C=O) groups excluding carboxylic acids is 3. The van der Waals surface area contributed by atoms with Crippen molar-refractivity contribution in [3.8, 4) is 0 Å². The van der Waals surface area contributed by atoms with Crippen molar-refractivity contribution in [2.24, 2.45) is 16.7 Å². The minimum absolute atomic E-state index is 0.0119. The fraction of sp³-hybridized carbons (Fsp3) is 0.480. The molecule has 11 heteroatoms. The van der Waals surface area contributed by atoms with Gasteiger partial charge in [-0.1, -0.05) is 20.8 Å². The molecule has 1 saturated heterocycles. The predicted octanol–water partition coefficient (Wildman–Crippen LogP) is 3.03. The van der Waals surface area contributed by atoms with Crippen LogP contribution >= 0.6 is 0 Å². The lowest BCUT2D eigenvalue weighted by Gasteiger charge is -2.47. The minimum Gasteiger partial charge on any atom is -0.326 e. The molecule has 1 aromatic heterocycles. The van der Waals surface area contributed by atoms with Gasteiger partial charge in [-0.05, 0) is 62.4 Å². The van der Waals surface area contributed by atoms with Gasteiger partial charge in [0, 0.05) is 36.0 Å². The van der Waals surface area contributed by atoms with Crippen LogP contribution in [-0.4, -0.2) is 47.6 Å². The van der Waals surface area contributed by atoms with Crippen LogP contribution in [0.4, 0.5) is 11.6 Å². The van der Waals surface area contributed by atoms with Crippen LogP contribution in [0.2, 0.25) is 0 Å². The normalized spacial score (nSPS) is 23.0. The number of amides is 3. The summed E-state index contributed by atoms with van der Waals surface area (Å²) in [5.74, 6) is -1.04. The molecule has 0 spiro atoms. The Kier molecular flexibility index (Phi) is 6.40. The smallest absolute Gasteiger partial charge is 0.264 e. The van der Waals surface area contributed by atoms with Crippen LogP contribution in [0.15, 0.2) is 35.2 Å². The molecule has 2 aromatic rings. The Hall–Kier alpha value is -3.34. The van der Waals surface area contributed by atoms with Crippen molar-refractivity contribution in [2.45, 2.75) is 58.8 Å². The van der Waals surface area contributed by atoms with E-state index in [1.54, 1.807) is 19.9 Å². The van der Waals surface area contributed by atoms with Crippen molar-refractivity contribution >= 4 is 39.4 Å². The van der Waals surface area contributed by atoms with Crippen LogP contribution in [0.1, 0.15) is 51.4 Å². The van der Waals surface area contributed by atoms with Crippen molar-refractivity contribution in [1.29, 1.82) is 0 Å². The first-order valence-corrected chi connectivity index (χ1v) is 13.3. The van der Waals surface area contributed by atoms with Crippen LogP contribution in [0.5, 0.6) is 0 Å². The lowest BCUT2D eigenvalue weighted by molar-refractivity contribution is -0.167. The van der Waals surface area contributed by atoms with Crippen molar-refractivity contribution in [1.82, 2.24) is 14.9 Å². The molecule has 2 heterocycles. The number of rotatable bonds is 7. The molecule has 2 bridgehead atoms. The molecule has 2 fully saturated rings. The summed E-state index contributed by atoms with van der Waals surface area (Å²) in [6.07, 6.45) is 1.29. The lowest BCUT2D eigenvalue weighted by atomic mass is 9.62. The standard InChI is InChI=1S/C25H31N5O5S/c1-15-14-16(2)27-23(26-15)29-36(34,35)18-8-6-17(7-9-18)28-20(31)11-13-30-21(32)19-10-12-25(5,22(30)33)24(19,3)4/h6-9,14,19H,10-13H2,1-5H3,(H,28,31)(H,26,27,29). The topological polar surface area (TPSA) is 138 Å². The van der Waals surface area contributed by atoms with E-state index < -0.39 is 20.9 Å². The van der Waals surface area contributed by atoms with Gasteiger partial charge >= 0.3 is 0 Å². The van der Waals surface area contributed by atoms with Crippen LogP contribution < -0.4 is 10.0 Å². The molecular weight excluding hydrogens is 482 g/mol. The molecule has 1 aliphatic heterocycles. The largest absolute Gasteiger partial charge is 0.326 e. The highest BCUT2D eigenvalue weighted by Crippen LogP contribution is 2.60. The molecule has 36 heavy (non-hydrogen) atoms. The highest BCUT2D eigenvalue weighted by atomic mass is 32.2. The second kappa shape index (κ2) is 8.95. The average Bonchev–Trinajstić information content (AvgIpc) is 2.96. The summed E-state index contributed by atoms with van der Waals surface area (Å²) >= 11 is 0. The maximum Gasteiger partial charge on any atom is 0.264 e. The monoisotopic (exact) mass is 513 g/mol. The third kappa shape index (κ3) is 4.47. The van der Waals surface area contributed by atoms with Gasteiger partial charge < -0.3 is 5.32 Å². The highest BCUT2D eigenvalue weighted by Gasteiger charge is 2.64. The molecule has 2 atom stereocenters. The molecule has 2 aliphatic rings. The van der Waals surface area contributed by atoms with Gasteiger partial charge in [-0.3, -0.25) is 19.3 Å². The number of benzene rings is 1. The van der Waals surface area contributed by atoms with Crippen molar-refractivity contribution in [3.05, 3.63) is 41.7 Å². The van der Waals surface area contributed by atoms with E-state index in [1.807, 2.05) is 20.8 Å². The first kappa shape index (κ1) is 25.7. The van der Waals surface area contributed by atoms with Gasteiger partial charge in [-0.15, -0.1) is 0 Å². The average molecular weight is 514 g/mol. The summed E-state index contributed by atoms with van der Waals surface area (Å²) < 4.78 is 27.7. The summed E-state index contributed by atoms with van der Waals surface area (Å²) in [6, 6.07) is 7.39. The summed E-state index contributed by atoms with van der Waals surface area (Å²) in [5.41, 5.74) is 0.653. The molecule has 1 aromatic carbocycles. The van der Waals surface area contributed by atoms with E-state index in [-0.39, 0.29) is 47.4 Å². The van der Waals surface area contributed by atoms with Crippen molar-refractivity contribution in [3.63, 3.8) is 0 Å². The third-order valence-electron chi connectivity index (χ3n) is 7.73. The number of aromatic nitrogens is 2. The predicted molar refractivity (Wildman–Crippen MR) is 133 cm³/mol.